The summed E-state index contributed by atoms with van der Waals surface area (Å²) in [6, 6.07) is 0. The number of nitrogens with one attached hydrogen (secondary N) is 1. The molecule has 1 aliphatic heterocycles. The summed E-state index contributed by atoms with van der Waals surface area (Å²) in [5.74, 6) is -0.336. The molecule has 0 aromatic heterocycles. The maximum atomic E-state index is 11.6. The lowest BCUT2D eigenvalue weighted by Crippen LogP contribution is -2.41. The average molecular weight is 235 g/mol. The molecule has 3 nitrogen and oxygen atoms in total. The second-order valence-corrected chi connectivity index (χ2v) is 4.26. The van der Waals surface area contributed by atoms with Crippen LogP contribution in [0.1, 0.15) is 46.5 Å². The Hall–Kier alpha value is -1.38. The van der Waals surface area contributed by atoms with Gasteiger partial charge in [0.1, 0.15) is 0 Å². The normalized spacial score (nSPS) is 24.1. The molecule has 2 rings (SSSR count). The van der Waals surface area contributed by atoms with Crippen LogP contribution in [-0.2, 0) is 9.59 Å². The van der Waals surface area contributed by atoms with Gasteiger partial charge in [0.05, 0.1) is 5.92 Å². The smallest absolute Gasteiger partial charge is 0.233 e. The van der Waals surface area contributed by atoms with Gasteiger partial charge in [0.15, 0.2) is 0 Å². The Kier molecular flexibility index (Phi) is 5.13. The third-order valence-corrected chi connectivity index (χ3v) is 3.08. The summed E-state index contributed by atoms with van der Waals surface area (Å²) >= 11 is 0. The van der Waals surface area contributed by atoms with Gasteiger partial charge < -0.3 is 0 Å². The van der Waals surface area contributed by atoms with Gasteiger partial charge in [-0.2, -0.15) is 0 Å². The predicted molar refractivity (Wildman–Crippen MR) is 68.3 cm³/mol. The lowest BCUT2D eigenvalue weighted by Gasteiger charge is -2.24. The van der Waals surface area contributed by atoms with E-state index in [-0.39, 0.29) is 17.7 Å². The number of allylic oxidation sites excluding steroid dienone is 3. The molecule has 3 heteroatoms. The van der Waals surface area contributed by atoms with E-state index < -0.39 is 0 Å². The number of rotatable bonds is 1. The van der Waals surface area contributed by atoms with Crippen molar-refractivity contribution in [3.05, 3.63) is 23.3 Å². The Morgan fingerprint density at radius 3 is 2.35 bits per heavy atom. The fourth-order valence-electron chi connectivity index (χ4n) is 2.10. The van der Waals surface area contributed by atoms with Crippen molar-refractivity contribution in [2.45, 2.75) is 46.5 Å². The first-order chi connectivity index (χ1) is 8.16. The summed E-state index contributed by atoms with van der Waals surface area (Å²) in [5, 5.41) is 2.40. The van der Waals surface area contributed by atoms with Gasteiger partial charge >= 0.3 is 0 Å². The second-order valence-electron chi connectivity index (χ2n) is 4.26. The van der Waals surface area contributed by atoms with Crippen LogP contribution in [0, 0.1) is 5.92 Å². The van der Waals surface area contributed by atoms with Crippen molar-refractivity contribution in [1.82, 2.24) is 5.32 Å². The summed E-state index contributed by atoms with van der Waals surface area (Å²) in [5.41, 5.74) is 2.52. The summed E-state index contributed by atoms with van der Waals surface area (Å²) in [6.07, 6.45) is 7.24. The summed E-state index contributed by atoms with van der Waals surface area (Å²) < 4.78 is 0. The Morgan fingerprint density at radius 1 is 1.12 bits per heavy atom. The summed E-state index contributed by atoms with van der Waals surface area (Å²) in [4.78, 5) is 22.6. The molecular weight excluding hydrogens is 214 g/mol. The molecule has 1 atom stereocenters. The molecule has 1 aliphatic carbocycles. The van der Waals surface area contributed by atoms with Crippen LogP contribution in [0.4, 0.5) is 0 Å². The Bertz CT molecular complexity index is 366. The number of piperidine rings is 1. The maximum Gasteiger partial charge on any atom is 0.233 e. The highest BCUT2D eigenvalue weighted by Crippen LogP contribution is 2.28. The second kappa shape index (κ2) is 6.38. The van der Waals surface area contributed by atoms with E-state index in [1.54, 1.807) is 0 Å². The van der Waals surface area contributed by atoms with Gasteiger partial charge in [-0.3, -0.25) is 14.9 Å². The number of imide groups is 1. The van der Waals surface area contributed by atoms with Gasteiger partial charge in [-0.1, -0.05) is 37.1 Å². The van der Waals surface area contributed by atoms with Crippen LogP contribution in [0.25, 0.3) is 0 Å². The fraction of sp³-hybridized carbons (Fsp3) is 0.571. The number of hydrogen-bond donors (Lipinski definition) is 1. The van der Waals surface area contributed by atoms with Gasteiger partial charge in [0.25, 0.3) is 0 Å². The van der Waals surface area contributed by atoms with Crippen LogP contribution < -0.4 is 5.32 Å². The summed E-state index contributed by atoms with van der Waals surface area (Å²) in [7, 11) is 0. The third-order valence-electron chi connectivity index (χ3n) is 3.08. The van der Waals surface area contributed by atoms with Crippen molar-refractivity contribution in [3.63, 3.8) is 0 Å². The number of carbonyl (C=O) groups is 2. The molecular formula is C14H21NO2. The number of hydrogen-bond acceptors (Lipinski definition) is 2. The van der Waals surface area contributed by atoms with Crippen molar-refractivity contribution in [1.29, 1.82) is 0 Å². The zero-order valence-electron chi connectivity index (χ0n) is 10.9. The van der Waals surface area contributed by atoms with Crippen LogP contribution in [0.3, 0.4) is 0 Å². The van der Waals surface area contributed by atoms with Gasteiger partial charge in [-0.15, -0.1) is 0 Å². The SMILES string of the molecule is CC.CC1=CC=C(C2CCC(=O)NC2=O)CC1. The van der Waals surface area contributed by atoms with E-state index in [9.17, 15) is 9.59 Å². The molecule has 2 aliphatic rings. The lowest BCUT2D eigenvalue weighted by atomic mass is 9.84. The minimum atomic E-state index is -0.139. The quantitative estimate of drug-likeness (QED) is 0.710. The van der Waals surface area contributed by atoms with E-state index >= 15 is 0 Å². The van der Waals surface area contributed by atoms with Crippen LogP contribution in [0.15, 0.2) is 23.3 Å². The third kappa shape index (κ3) is 3.55. The summed E-state index contributed by atoms with van der Waals surface area (Å²) in [6.45, 7) is 6.09. The van der Waals surface area contributed by atoms with E-state index in [1.807, 2.05) is 19.9 Å². The minimum absolute atomic E-state index is 0.0768. The van der Waals surface area contributed by atoms with Gasteiger partial charge in [0, 0.05) is 6.42 Å². The van der Waals surface area contributed by atoms with E-state index in [1.165, 1.54) is 11.1 Å². The van der Waals surface area contributed by atoms with Crippen LogP contribution in [0.2, 0.25) is 0 Å². The molecule has 1 unspecified atom stereocenters. The minimum Gasteiger partial charge on any atom is -0.296 e. The molecule has 2 amide bonds. The maximum absolute atomic E-state index is 11.6. The molecule has 0 spiro atoms. The van der Waals surface area contributed by atoms with Crippen LogP contribution >= 0.6 is 0 Å². The number of amides is 2. The average Bonchev–Trinajstić information content (AvgIpc) is 2.33. The van der Waals surface area contributed by atoms with Crippen molar-refractivity contribution in [2.75, 3.05) is 0 Å². The van der Waals surface area contributed by atoms with Gasteiger partial charge in [-0.25, -0.2) is 0 Å². The highest BCUT2D eigenvalue weighted by molar-refractivity contribution is 5.99. The van der Waals surface area contributed by atoms with Gasteiger partial charge in [0.2, 0.25) is 11.8 Å². The predicted octanol–water partition coefficient (Wildman–Crippen LogP) is 2.73. The van der Waals surface area contributed by atoms with Crippen LogP contribution in [-0.4, -0.2) is 11.8 Å². The monoisotopic (exact) mass is 235 g/mol. The molecule has 0 aromatic carbocycles. The van der Waals surface area contributed by atoms with Crippen molar-refractivity contribution >= 4 is 11.8 Å². The highest BCUT2D eigenvalue weighted by atomic mass is 16.2. The molecule has 1 fully saturated rings. The van der Waals surface area contributed by atoms with Crippen molar-refractivity contribution < 1.29 is 9.59 Å². The first-order valence-corrected chi connectivity index (χ1v) is 6.37. The first-order valence-electron chi connectivity index (χ1n) is 6.37. The van der Waals surface area contributed by atoms with Crippen LogP contribution in [0.5, 0.6) is 0 Å². The highest BCUT2D eigenvalue weighted by Gasteiger charge is 2.29. The molecule has 0 aromatic rings. The van der Waals surface area contributed by atoms with Gasteiger partial charge in [-0.05, 0) is 26.2 Å². The molecule has 0 radical (unpaired) electrons. The van der Waals surface area contributed by atoms with E-state index in [2.05, 4.69) is 18.3 Å². The van der Waals surface area contributed by atoms with E-state index in [4.69, 9.17) is 0 Å². The zero-order valence-corrected chi connectivity index (χ0v) is 10.9. The molecule has 94 valence electrons. The van der Waals surface area contributed by atoms with Crippen molar-refractivity contribution in [2.24, 2.45) is 5.92 Å². The molecule has 0 bridgehead atoms. The Balaban J connectivity index is 0.000000686. The van der Waals surface area contributed by atoms with Crippen molar-refractivity contribution in [3.8, 4) is 0 Å². The number of carbonyl (C=O) groups excluding carboxylic acids is 2. The molecule has 0 saturated carbocycles. The first kappa shape index (κ1) is 13.7. The molecule has 1 N–H and O–H groups in total. The Labute approximate surface area is 103 Å². The lowest BCUT2D eigenvalue weighted by molar-refractivity contribution is -0.135. The molecule has 1 heterocycles. The molecule has 1 saturated heterocycles. The largest absolute Gasteiger partial charge is 0.296 e. The zero-order chi connectivity index (χ0) is 12.8. The van der Waals surface area contributed by atoms with E-state index in [0.717, 1.165) is 12.8 Å². The van der Waals surface area contributed by atoms with E-state index in [0.29, 0.717) is 12.8 Å². The topological polar surface area (TPSA) is 46.2 Å². The Morgan fingerprint density at radius 2 is 1.82 bits per heavy atom. The standard InChI is InChI=1S/C12H15NO2.C2H6/c1-8-2-4-9(5-3-8)10-6-7-11(14)13-12(10)15;1-2/h2,4,10H,3,5-7H2,1H3,(H,13,14,15);1-2H3. The fourth-order valence-corrected chi connectivity index (χ4v) is 2.10. The molecule has 17 heavy (non-hydrogen) atoms.